The van der Waals surface area contributed by atoms with Gasteiger partial charge in [0.15, 0.2) is 0 Å². The summed E-state index contributed by atoms with van der Waals surface area (Å²) in [5.41, 5.74) is 0.280. The molecule has 2 heteroatoms. The highest BCUT2D eigenvalue weighted by molar-refractivity contribution is 4.89. The first-order chi connectivity index (χ1) is 11.3. The third-order valence-electron chi connectivity index (χ3n) is 6.42. The van der Waals surface area contributed by atoms with Crippen LogP contribution in [0.2, 0.25) is 0 Å². The Morgan fingerprint density at radius 3 is 2.13 bits per heavy atom. The first kappa shape index (κ1) is 19.2. The van der Waals surface area contributed by atoms with Crippen LogP contribution in [-0.4, -0.2) is 26.9 Å². The summed E-state index contributed by atoms with van der Waals surface area (Å²) in [5.74, 6) is 1.78. The van der Waals surface area contributed by atoms with Crippen LogP contribution in [0.4, 0.5) is 0 Å². The zero-order chi connectivity index (χ0) is 16.4. The molecule has 2 nitrogen and oxygen atoms in total. The Morgan fingerprint density at radius 2 is 1.52 bits per heavy atom. The van der Waals surface area contributed by atoms with Crippen molar-refractivity contribution in [3.63, 3.8) is 0 Å². The summed E-state index contributed by atoms with van der Waals surface area (Å²) in [6.45, 7) is 4.93. The van der Waals surface area contributed by atoms with E-state index in [0.29, 0.717) is 0 Å². The van der Waals surface area contributed by atoms with Crippen LogP contribution in [-0.2, 0) is 9.47 Å². The third kappa shape index (κ3) is 6.05. The lowest BCUT2D eigenvalue weighted by Gasteiger charge is -2.43. The fourth-order valence-electron chi connectivity index (χ4n) is 5.02. The fraction of sp³-hybridized carbons (Fsp3) is 1.00. The van der Waals surface area contributed by atoms with Crippen molar-refractivity contribution in [3.8, 4) is 0 Å². The summed E-state index contributed by atoms with van der Waals surface area (Å²) < 4.78 is 11.9. The van der Waals surface area contributed by atoms with Crippen molar-refractivity contribution in [2.45, 2.75) is 90.4 Å². The van der Waals surface area contributed by atoms with Crippen molar-refractivity contribution in [1.29, 1.82) is 0 Å². The molecule has 0 heterocycles. The van der Waals surface area contributed by atoms with E-state index in [-0.39, 0.29) is 5.41 Å². The third-order valence-corrected chi connectivity index (χ3v) is 6.42. The van der Waals surface area contributed by atoms with Crippen molar-refractivity contribution >= 4 is 0 Å². The number of rotatable bonds is 10. The molecule has 0 spiro atoms. The molecule has 0 radical (unpaired) electrons. The average molecular weight is 325 g/mol. The Bertz CT molecular complexity index is 292. The van der Waals surface area contributed by atoms with Crippen LogP contribution in [0.25, 0.3) is 0 Å². The van der Waals surface area contributed by atoms with E-state index in [2.05, 4.69) is 6.92 Å². The number of hydrogen-bond donors (Lipinski definition) is 0. The van der Waals surface area contributed by atoms with Crippen LogP contribution in [0.1, 0.15) is 90.4 Å². The molecule has 0 aliphatic heterocycles. The minimum atomic E-state index is 0.280. The van der Waals surface area contributed by atoms with Gasteiger partial charge in [0, 0.05) is 19.1 Å². The van der Waals surface area contributed by atoms with Gasteiger partial charge in [-0.1, -0.05) is 58.3 Å². The molecule has 136 valence electrons. The van der Waals surface area contributed by atoms with Gasteiger partial charge in [-0.05, 0) is 43.9 Å². The van der Waals surface area contributed by atoms with Crippen molar-refractivity contribution < 1.29 is 9.47 Å². The van der Waals surface area contributed by atoms with E-state index in [1.54, 1.807) is 0 Å². The highest BCUT2D eigenvalue weighted by atomic mass is 16.5. The molecule has 0 saturated heterocycles. The van der Waals surface area contributed by atoms with Crippen LogP contribution >= 0.6 is 0 Å². The topological polar surface area (TPSA) is 18.5 Å². The van der Waals surface area contributed by atoms with Gasteiger partial charge in [0.2, 0.25) is 0 Å². The first-order valence-corrected chi connectivity index (χ1v) is 10.4. The molecule has 2 aliphatic carbocycles. The van der Waals surface area contributed by atoms with Crippen molar-refractivity contribution in [2.75, 3.05) is 26.9 Å². The van der Waals surface area contributed by atoms with Crippen LogP contribution in [0.3, 0.4) is 0 Å². The smallest absolute Gasteiger partial charge is 0.0547 e. The molecule has 0 amide bonds. The van der Waals surface area contributed by atoms with Crippen molar-refractivity contribution in [2.24, 2.45) is 17.3 Å². The summed E-state index contributed by atoms with van der Waals surface area (Å²) in [5, 5.41) is 0. The van der Waals surface area contributed by atoms with Gasteiger partial charge < -0.3 is 9.47 Å². The van der Waals surface area contributed by atoms with E-state index in [4.69, 9.17) is 9.47 Å². The average Bonchev–Trinajstić information content (AvgIpc) is 2.61. The summed E-state index contributed by atoms with van der Waals surface area (Å²) in [4.78, 5) is 0. The van der Waals surface area contributed by atoms with Crippen LogP contribution in [0.15, 0.2) is 0 Å². The van der Waals surface area contributed by atoms with E-state index in [1.165, 1.54) is 77.0 Å². The summed E-state index contributed by atoms with van der Waals surface area (Å²) >= 11 is 0. The lowest BCUT2D eigenvalue weighted by Crippen LogP contribution is -2.41. The molecule has 0 bridgehead atoms. The standard InChI is InChI=1S/C21H40O2/c1-3-16-23-18-21(17-22-2,20-12-8-5-9-13-20)15-14-19-10-6-4-7-11-19/h19-20H,3-18H2,1-2H3. The van der Waals surface area contributed by atoms with Gasteiger partial charge in [-0.3, -0.25) is 0 Å². The molecule has 0 aromatic rings. The SMILES string of the molecule is CCCOCC(CCC1CCCCC1)(COC)C1CCCCC1. The number of ether oxygens (including phenoxy) is 2. The molecule has 23 heavy (non-hydrogen) atoms. The second kappa shape index (κ2) is 10.7. The normalized spacial score (nSPS) is 23.7. The molecule has 2 fully saturated rings. The summed E-state index contributed by atoms with van der Waals surface area (Å²) in [7, 11) is 1.89. The highest BCUT2D eigenvalue weighted by Gasteiger charge is 2.40. The van der Waals surface area contributed by atoms with E-state index < -0.39 is 0 Å². The fourth-order valence-corrected chi connectivity index (χ4v) is 5.02. The largest absolute Gasteiger partial charge is 0.384 e. The second-order valence-electron chi connectivity index (χ2n) is 8.23. The van der Waals surface area contributed by atoms with Crippen LogP contribution in [0.5, 0.6) is 0 Å². The highest BCUT2D eigenvalue weighted by Crippen LogP contribution is 2.44. The number of hydrogen-bond acceptors (Lipinski definition) is 2. The molecule has 2 aliphatic rings. The molecular formula is C21H40O2. The summed E-state index contributed by atoms with van der Waals surface area (Å²) in [6, 6.07) is 0. The van der Waals surface area contributed by atoms with Gasteiger partial charge in [0.1, 0.15) is 0 Å². The maximum atomic E-state index is 6.11. The van der Waals surface area contributed by atoms with Gasteiger partial charge in [-0.2, -0.15) is 0 Å². The minimum absolute atomic E-state index is 0.280. The van der Waals surface area contributed by atoms with E-state index >= 15 is 0 Å². The Kier molecular flexibility index (Phi) is 8.97. The lowest BCUT2D eigenvalue weighted by atomic mass is 9.66. The maximum Gasteiger partial charge on any atom is 0.0547 e. The molecule has 2 saturated carbocycles. The lowest BCUT2D eigenvalue weighted by molar-refractivity contribution is -0.0622. The minimum Gasteiger partial charge on any atom is -0.384 e. The number of methoxy groups -OCH3 is 1. The first-order valence-electron chi connectivity index (χ1n) is 10.4. The Hall–Kier alpha value is -0.0800. The molecule has 1 unspecified atom stereocenters. The summed E-state index contributed by atoms with van der Waals surface area (Å²) in [6.07, 6.45) is 18.2. The van der Waals surface area contributed by atoms with Gasteiger partial charge >= 0.3 is 0 Å². The predicted octanol–water partition coefficient (Wildman–Crippen LogP) is 5.99. The predicted molar refractivity (Wildman–Crippen MR) is 97.8 cm³/mol. The van der Waals surface area contributed by atoms with E-state index in [0.717, 1.165) is 38.1 Å². The molecule has 0 aromatic heterocycles. The zero-order valence-electron chi connectivity index (χ0n) is 15.8. The van der Waals surface area contributed by atoms with Crippen molar-refractivity contribution in [3.05, 3.63) is 0 Å². The van der Waals surface area contributed by atoms with Gasteiger partial charge in [-0.15, -0.1) is 0 Å². The van der Waals surface area contributed by atoms with E-state index in [9.17, 15) is 0 Å². The van der Waals surface area contributed by atoms with Gasteiger partial charge in [-0.25, -0.2) is 0 Å². The van der Waals surface area contributed by atoms with Crippen molar-refractivity contribution in [1.82, 2.24) is 0 Å². The quantitative estimate of drug-likeness (QED) is 0.460. The monoisotopic (exact) mass is 324 g/mol. The Morgan fingerprint density at radius 1 is 0.870 bits per heavy atom. The Labute approximate surface area is 144 Å². The maximum absolute atomic E-state index is 6.11. The second-order valence-corrected chi connectivity index (χ2v) is 8.23. The van der Waals surface area contributed by atoms with Crippen LogP contribution < -0.4 is 0 Å². The van der Waals surface area contributed by atoms with Crippen LogP contribution in [0, 0.1) is 17.3 Å². The molecular weight excluding hydrogens is 284 g/mol. The molecule has 0 aromatic carbocycles. The molecule has 0 N–H and O–H groups in total. The molecule has 1 atom stereocenters. The molecule has 2 rings (SSSR count). The Balaban J connectivity index is 1.99. The zero-order valence-corrected chi connectivity index (χ0v) is 15.8. The van der Waals surface area contributed by atoms with Gasteiger partial charge in [0.25, 0.3) is 0 Å². The van der Waals surface area contributed by atoms with E-state index in [1.807, 2.05) is 7.11 Å². The van der Waals surface area contributed by atoms with Gasteiger partial charge in [0.05, 0.1) is 13.2 Å².